The Bertz CT molecular complexity index is 822. The van der Waals surface area contributed by atoms with E-state index in [1.54, 1.807) is 0 Å². The van der Waals surface area contributed by atoms with E-state index in [9.17, 15) is 4.79 Å². The Morgan fingerprint density at radius 2 is 1.57 bits per heavy atom. The number of carbonyl (C=O) groups excluding carboxylic acids is 1. The molecule has 2 heterocycles. The van der Waals surface area contributed by atoms with Gasteiger partial charge in [0, 0.05) is 27.5 Å². The first kappa shape index (κ1) is 12.2. The van der Waals surface area contributed by atoms with Crippen LogP contribution in [-0.4, -0.2) is 10.5 Å². The molecular weight excluding hydrogens is 260 g/mol. The predicted molar refractivity (Wildman–Crippen MR) is 85.0 cm³/mol. The van der Waals surface area contributed by atoms with Gasteiger partial charge in [-0.15, -0.1) is 0 Å². The fourth-order valence-corrected chi connectivity index (χ4v) is 3.30. The van der Waals surface area contributed by atoms with Crippen LogP contribution in [0.25, 0.3) is 21.8 Å². The molecule has 1 aliphatic heterocycles. The number of hydrogen-bond acceptors (Lipinski definition) is 1. The van der Waals surface area contributed by atoms with E-state index in [4.69, 9.17) is 0 Å². The molecule has 21 heavy (non-hydrogen) atoms. The number of benzene rings is 2. The molecule has 0 spiro atoms. The number of carbonyl (C=O) groups is 1. The largest absolute Gasteiger partial charge is 0.329 e. The molecule has 1 fully saturated rings. The zero-order chi connectivity index (χ0) is 14.4. The van der Waals surface area contributed by atoms with Crippen molar-refractivity contribution >= 4 is 27.7 Å². The Balaban J connectivity index is 2.02. The van der Waals surface area contributed by atoms with Crippen molar-refractivity contribution in [2.45, 2.75) is 18.9 Å². The third kappa shape index (κ3) is 1.77. The van der Waals surface area contributed by atoms with E-state index in [0.717, 1.165) is 29.6 Å². The highest BCUT2D eigenvalue weighted by Crippen LogP contribution is 2.34. The standard InChI is InChI=1S/C18H16N2O/c1-12-10-11-17(18(21)19-12)20-15-8-4-2-6-13(15)14-7-3-5-9-16(14)20/h2-9,17H,1,10-11H2,(H,19,21). The summed E-state index contributed by atoms with van der Waals surface area (Å²) in [6.07, 6.45) is 1.63. The fraction of sp³-hybridized carbons (Fsp3) is 0.167. The summed E-state index contributed by atoms with van der Waals surface area (Å²) in [4.78, 5) is 12.4. The van der Waals surface area contributed by atoms with Crippen LogP contribution in [-0.2, 0) is 4.79 Å². The molecule has 2 aromatic carbocycles. The van der Waals surface area contributed by atoms with Gasteiger partial charge >= 0.3 is 0 Å². The minimum absolute atomic E-state index is 0.0396. The van der Waals surface area contributed by atoms with Crippen LogP contribution >= 0.6 is 0 Å². The van der Waals surface area contributed by atoms with Gasteiger partial charge in [0.1, 0.15) is 6.04 Å². The molecule has 0 radical (unpaired) electrons. The van der Waals surface area contributed by atoms with E-state index in [0.29, 0.717) is 0 Å². The maximum atomic E-state index is 12.4. The maximum absolute atomic E-state index is 12.4. The average molecular weight is 276 g/mol. The molecule has 4 rings (SSSR count). The molecular formula is C18H16N2O. The molecule has 1 aliphatic rings. The Labute approximate surface area is 122 Å². The van der Waals surface area contributed by atoms with E-state index >= 15 is 0 Å². The van der Waals surface area contributed by atoms with Gasteiger partial charge in [-0.05, 0) is 25.0 Å². The van der Waals surface area contributed by atoms with Crippen LogP contribution in [0.2, 0.25) is 0 Å². The van der Waals surface area contributed by atoms with Crippen LogP contribution in [0.3, 0.4) is 0 Å². The van der Waals surface area contributed by atoms with Gasteiger partial charge in [-0.25, -0.2) is 0 Å². The SMILES string of the molecule is C=C1CCC(n2c3ccccc3c3ccccc32)C(=O)N1. The molecule has 3 nitrogen and oxygen atoms in total. The van der Waals surface area contributed by atoms with Crippen molar-refractivity contribution in [3.05, 3.63) is 60.8 Å². The Morgan fingerprint density at radius 1 is 1.00 bits per heavy atom. The van der Waals surface area contributed by atoms with Crippen LogP contribution in [0.1, 0.15) is 18.9 Å². The van der Waals surface area contributed by atoms with Gasteiger partial charge in [0.15, 0.2) is 0 Å². The molecule has 1 saturated heterocycles. The van der Waals surface area contributed by atoms with E-state index in [2.05, 4.69) is 40.7 Å². The lowest BCUT2D eigenvalue weighted by molar-refractivity contribution is -0.124. The summed E-state index contributed by atoms with van der Waals surface area (Å²) < 4.78 is 2.17. The van der Waals surface area contributed by atoms with Crippen molar-refractivity contribution in [2.24, 2.45) is 0 Å². The summed E-state index contributed by atoms with van der Waals surface area (Å²) in [6, 6.07) is 16.4. The van der Waals surface area contributed by atoms with Crippen molar-refractivity contribution in [3.8, 4) is 0 Å². The van der Waals surface area contributed by atoms with Gasteiger partial charge in [0.05, 0.1) is 0 Å². The van der Waals surface area contributed by atoms with Crippen LogP contribution in [0.15, 0.2) is 60.8 Å². The molecule has 0 bridgehead atoms. The predicted octanol–water partition coefficient (Wildman–Crippen LogP) is 3.76. The van der Waals surface area contributed by atoms with Crippen molar-refractivity contribution in [1.82, 2.24) is 9.88 Å². The molecule has 1 N–H and O–H groups in total. The number of nitrogens with zero attached hydrogens (tertiary/aromatic N) is 1. The lowest BCUT2D eigenvalue weighted by Crippen LogP contribution is -2.36. The summed E-state index contributed by atoms with van der Waals surface area (Å²) in [5.41, 5.74) is 3.05. The van der Waals surface area contributed by atoms with Crippen molar-refractivity contribution in [1.29, 1.82) is 0 Å². The number of rotatable bonds is 1. The van der Waals surface area contributed by atoms with E-state index < -0.39 is 0 Å². The number of hydrogen-bond donors (Lipinski definition) is 1. The third-order valence-electron chi connectivity index (χ3n) is 4.25. The Kier molecular flexibility index (Phi) is 2.61. The molecule has 1 atom stereocenters. The number of fused-ring (bicyclic) bond motifs is 3. The summed E-state index contributed by atoms with van der Waals surface area (Å²) in [5, 5.41) is 5.29. The zero-order valence-electron chi connectivity index (χ0n) is 11.7. The van der Waals surface area contributed by atoms with Gasteiger partial charge < -0.3 is 9.88 Å². The van der Waals surface area contributed by atoms with Crippen LogP contribution in [0.5, 0.6) is 0 Å². The lowest BCUT2D eigenvalue weighted by Gasteiger charge is -2.26. The number of allylic oxidation sites excluding steroid dienone is 1. The quantitative estimate of drug-likeness (QED) is 0.721. The molecule has 1 aromatic heterocycles. The number of nitrogens with one attached hydrogen (secondary N) is 1. The average Bonchev–Trinajstić information content (AvgIpc) is 2.82. The van der Waals surface area contributed by atoms with Crippen molar-refractivity contribution < 1.29 is 4.79 Å². The Morgan fingerprint density at radius 3 is 2.14 bits per heavy atom. The summed E-state index contributed by atoms with van der Waals surface area (Å²) >= 11 is 0. The van der Waals surface area contributed by atoms with Crippen molar-refractivity contribution in [2.75, 3.05) is 0 Å². The molecule has 0 saturated carbocycles. The van der Waals surface area contributed by atoms with Gasteiger partial charge in [-0.3, -0.25) is 4.79 Å². The number of para-hydroxylation sites is 2. The monoisotopic (exact) mass is 276 g/mol. The molecule has 104 valence electrons. The van der Waals surface area contributed by atoms with Gasteiger partial charge in [0.2, 0.25) is 5.91 Å². The first-order chi connectivity index (χ1) is 10.3. The normalized spacial score (nSPS) is 19.1. The van der Waals surface area contributed by atoms with Gasteiger partial charge in [-0.1, -0.05) is 43.0 Å². The van der Waals surface area contributed by atoms with Crippen LogP contribution < -0.4 is 5.32 Å². The fourth-order valence-electron chi connectivity index (χ4n) is 3.30. The maximum Gasteiger partial charge on any atom is 0.247 e. The second kappa shape index (κ2) is 4.48. The number of amides is 1. The minimum atomic E-state index is -0.166. The second-order valence-corrected chi connectivity index (χ2v) is 5.55. The smallest absolute Gasteiger partial charge is 0.247 e. The highest BCUT2D eigenvalue weighted by molar-refractivity contribution is 6.09. The molecule has 3 aromatic rings. The summed E-state index contributed by atoms with van der Waals surface area (Å²) in [5.74, 6) is 0.0396. The van der Waals surface area contributed by atoms with Crippen molar-refractivity contribution in [3.63, 3.8) is 0 Å². The summed E-state index contributed by atoms with van der Waals surface area (Å²) in [6.45, 7) is 3.86. The first-order valence-corrected chi connectivity index (χ1v) is 7.22. The van der Waals surface area contributed by atoms with Crippen LogP contribution in [0, 0.1) is 0 Å². The topological polar surface area (TPSA) is 34.0 Å². The molecule has 3 heteroatoms. The first-order valence-electron chi connectivity index (χ1n) is 7.22. The second-order valence-electron chi connectivity index (χ2n) is 5.55. The third-order valence-corrected chi connectivity index (χ3v) is 4.25. The highest BCUT2D eigenvalue weighted by Gasteiger charge is 2.28. The van der Waals surface area contributed by atoms with Gasteiger partial charge in [0.25, 0.3) is 0 Å². The van der Waals surface area contributed by atoms with E-state index in [-0.39, 0.29) is 11.9 Å². The zero-order valence-corrected chi connectivity index (χ0v) is 11.7. The number of aromatic nitrogens is 1. The molecule has 1 amide bonds. The number of piperidine rings is 1. The summed E-state index contributed by atoms with van der Waals surface area (Å²) in [7, 11) is 0. The van der Waals surface area contributed by atoms with E-state index in [1.807, 2.05) is 24.3 Å². The Hall–Kier alpha value is -2.55. The molecule has 0 aliphatic carbocycles. The van der Waals surface area contributed by atoms with Crippen LogP contribution in [0.4, 0.5) is 0 Å². The lowest BCUT2D eigenvalue weighted by atomic mass is 10.0. The van der Waals surface area contributed by atoms with Gasteiger partial charge in [-0.2, -0.15) is 0 Å². The highest BCUT2D eigenvalue weighted by atomic mass is 16.2. The minimum Gasteiger partial charge on any atom is -0.329 e. The van der Waals surface area contributed by atoms with E-state index in [1.165, 1.54) is 10.8 Å². The molecule has 1 unspecified atom stereocenters.